The second kappa shape index (κ2) is 5.86. The summed E-state index contributed by atoms with van der Waals surface area (Å²) in [5.74, 6) is 1.70. The van der Waals surface area contributed by atoms with E-state index in [0.717, 1.165) is 31.1 Å². The average Bonchev–Trinajstić information content (AvgIpc) is 2.55. The van der Waals surface area contributed by atoms with E-state index in [1.54, 1.807) is 0 Å². The fourth-order valence-corrected chi connectivity index (χ4v) is 3.36. The monoisotopic (exact) mass is 211 g/mol. The first-order valence-corrected chi connectivity index (χ1v) is 6.67. The van der Waals surface area contributed by atoms with Crippen LogP contribution < -0.4 is 5.32 Å². The molecular formula is C13H25NO. The minimum Gasteiger partial charge on any atom is -0.381 e. The van der Waals surface area contributed by atoms with Crippen LogP contribution in [0.3, 0.4) is 0 Å². The first-order chi connectivity index (χ1) is 7.42. The summed E-state index contributed by atoms with van der Waals surface area (Å²) < 4.78 is 5.64. The average molecular weight is 211 g/mol. The van der Waals surface area contributed by atoms with Gasteiger partial charge in [-0.15, -0.1) is 0 Å². The normalized spacial score (nSPS) is 38.6. The summed E-state index contributed by atoms with van der Waals surface area (Å²) in [6.45, 7) is 2.01. The smallest absolute Gasteiger partial charge is 0.0497 e. The molecule has 0 aromatic rings. The molecule has 0 aromatic carbocycles. The van der Waals surface area contributed by atoms with Gasteiger partial charge in [0.15, 0.2) is 0 Å². The Morgan fingerprint density at radius 3 is 2.60 bits per heavy atom. The number of rotatable bonds is 2. The summed E-state index contributed by atoms with van der Waals surface area (Å²) >= 11 is 0. The molecule has 2 heteroatoms. The molecule has 2 aliphatic rings. The van der Waals surface area contributed by atoms with Crippen molar-refractivity contribution in [2.24, 2.45) is 11.8 Å². The Bertz CT molecular complexity index is 177. The molecule has 0 aromatic heterocycles. The Labute approximate surface area is 93.8 Å². The first kappa shape index (κ1) is 11.4. The molecule has 1 aliphatic heterocycles. The molecule has 0 spiro atoms. The van der Waals surface area contributed by atoms with Crippen molar-refractivity contribution in [2.45, 2.75) is 51.0 Å². The van der Waals surface area contributed by atoms with Crippen LogP contribution in [0.5, 0.6) is 0 Å². The van der Waals surface area contributed by atoms with Gasteiger partial charge in [0.2, 0.25) is 0 Å². The van der Waals surface area contributed by atoms with Crippen LogP contribution >= 0.6 is 0 Å². The van der Waals surface area contributed by atoms with Crippen LogP contribution in [0.15, 0.2) is 0 Å². The highest BCUT2D eigenvalue weighted by atomic mass is 16.5. The van der Waals surface area contributed by atoms with Gasteiger partial charge in [-0.3, -0.25) is 0 Å². The van der Waals surface area contributed by atoms with Gasteiger partial charge in [-0.1, -0.05) is 19.3 Å². The Balaban J connectivity index is 1.95. The molecule has 0 amide bonds. The molecule has 2 fully saturated rings. The summed E-state index contributed by atoms with van der Waals surface area (Å²) in [5, 5.41) is 3.54. The molecule has 0 radical (unpaired) electrons. The minimum atomic E-state index is 0.749. The predicted molar refractivity (Wildman–Crippen MR) is 63.0 cm³/mol. The van der Waals surface area contributed by atoms with Crippen molar-refractivity contribution in [2.75, 3.05) is 20.3 Å². The Morgan fingerprint density at radius 2 is 1.87 bits per heavy atom. The fourth-order valence-electron chi connectivity index (χ4n) is 3.36. The van der Waals surface area contributed by atoms with Crippen LogP contribution in [-0.4, -0.2) is 26.3 Å². The lowest BCUT2D eigenvalue weighted by molar-refractivity contribution is 0.0207. The Hall–Kier alpha value is -0.0800. The number of hydrogen-bond donors (Lipinski definition) is 1. The maximum absolute atomic E-state index is 5.64. The van der Waals surface area contributed by atoms with Crippen molar-refractivity contribution in [3.8, 4) is 0 Å². The molecule has 3 unspecified atom stereocenters. The number of ether oxygens (including phenoxy) is 1. The van der Waals surface area contributed by atoms with E-state index < -0.39 is 0 Å². The van der Waals surface area contributed by atoms with Gasteiger partial charge in [-0.05, 0) is 44.6 Å². The highest BCUT2D eigenvalue weighted by Crippen LogP contribution is 2.33. The second-order valence-corrected chi connectivity index (χ2v) is 5.17. The second-order valence-electron chi connectivity index (χ2n) is 5.17. The van der Waals surface area contributed by atoms with Crippen LogP contribution in [0.4, 0.5) is 0 Å². The van der Waals surface area contributed by atoms with Gasteiger partial charge >= 0.3 is 0 Å². The third-order valence-electron chi connectivity index (χ3n) is 4.24. The van der Waals surface area contributed by atoms with Crippen LogP contribution in [0.1, 0.15) is 44.9 Å². The highest BCUT2D eigenvalue weighted by Gasteiger charge is 2.30. The molecule has 3 atom stereocenters. The minimum absolute atomic E-state index is 0.749. The molecule has 2 rings (SSSR count). The first-order valence-electron chi connectivity index (χ1n) is 6.67. The molecule has 1 N–H and O–H groups in total. The van der Waals surface area contributed by atoms with Crippen molar-refractivity contribution >= 4 is 0 Å². The molecule has 1 saturated heterocycles. The van der Waals surface area contributed by atoms with Crippen LogP contribution in [0, 0.1) is 11.8 Å². The van der Waals surface area contributed by atoms with Crippen LogP contribution in [0.2, 0.25) is 0 Å². The number of nitrogens with one attached hydrogen (secondary N) is 1. The quantitative estimate of drug-likeness (QED) is 0.709. The van der Waals surface area contributed by atoms with Crippen molar-refractivity contribution in [1.82, 2.24) is 5.32 Å². The van der Waals surface area contributed by atoms with Gasteiger partial charge in [0.25, 0.3) is 0 Å². The summed E-state index contributed by atoms with van der Waals surface area (Å²) in [5.41, 5.74) is 0. The topological polar surface area (TPSA) is 21.3 Å². The fraction of sp³-hybridized carbons (Fsp3) is 1.00. The Kier molecular flexibility index (Phi) is 4.45. The lowest BCUT2D eigenvalue weighted by Crippen LogP contribution is -2.39. The molecule has 88 valence electrons. The van der Waals surface area contributed by atoms with Crippen LogP contribution in [0.25, 0.3) is 0 Å². The maximum Gasteiger partial charge on any atom is 0.0497 e. The summed E-state index contributed by atoms with van der Waals surface area (Å²) in [6, 6.07) is 0.749. The third-order valence-corrected chi connectivity index (χ3v) is 4.24. The third kappa shape index (κ3) is 2.94. The lowest BCUT2D eigenvalue weighted by Gasteiger charge is -2.34. The molecule has 15 heavy (non-hydrogen) atoms. The molecule has 1 saturated carbocycles. The van der Waals surface area contributed by atoms with Crippen molar-refractivity contribution in [3.63, 3.8) is 0 Å². The van der Waals surface area contributed by atoms with E-state index in [9.17, 15) is 0 Å². The summed E-state index contributed by atoms with van der Waals surface area (Å²) in [7, 11) is 2.13. The van der Waals surface area contributed by atoms with Gasteiger partial charge in [0.1, 0.15) is 0 Å². The zero-order valence-corrected chi connectivity index (χ0v) is 10.0. The molecule has 2 nitrogen and oxygen atoms in total. The highest BCUT2D eigenvalue weighted by molar-refractivity contribution is 4.84. The van der Waals surface area contributed by atoms with Crippen molar-refractivity contribution < 1.29 is 4.74 Å². The van der Waals surface area contributed by atoms with Gasteiger partial charge in [-0.2, -0.15) is 0 Å². The lowest BCUT2D eigenvalue weighted by atomic mass is 9.80. The van der Waals surface area contributed by atoms with E-state index in [2.05, 4.69) is 12.4 Å². The van der Waals surface area contributed by atoms with Gasteiger partial charge in [0, 0.05) is 19.3 Å². The van der Waals surface area contributed by atoms with Crippen molar-refractivity contribution in [1.29, 1.82) is 0 Å². The van der Waals surface area contributed by atoms with Crippen molar-refractivity contribution in [3.05, 3.63) is 0 Å². The van der Waals surface area contributed by atoms with E-state index in [1.807, 2.05) is 0 Å². The van der Waals surface area contributed by atoms with E-state index >= 15 is 0 Å². The van der Waals surface area contributed by atoms with Gasteiger partial charge < -0.3 is 10.1 Å². The van der Waals surface area contributed by atoms with Gasteiger partial charge in [0.05, 0.1) is 0 Å². The van der Waals surface area contributed by atoms with Gasteiger partial charge in [-0.25, -0.2) is 0 Å². The molecule has 1 heterocycles. The maximum atomic E-state index is 5.64. The summed E-state index contributed by atoms with van der Waals surface area (Å²) in [4.78, 5) is 0. The van der Waals surface area contributed by atoms with E-state index in [-0.39, 0.29) is 0 Å². The molecule has 1 aliphatic carbocycles. The SMILES string of the molecule is CNC1CCCCCC1C1CCCOC1. The largest absolute Gasteiger partial charge is 0.381 e. The van der Waals surface area contributed by atoms with E-state index in [4.69, 9.17) is 4.74 Å². The zero-order chi connectivity index (χ0) is 10.5. The zero-order valence-electron chi connectivity index (χ0n) is 10.0. The standard InChI is InChI=1S/C13H25NO/c1-14-13-8-4-2-3-7-12(13)11-6-5-9-15-10-11/h11-14H,2-10H2,1H3. The molecule has 0 bridgehead atoms. The van der Waals surface area contributed by atoms with Crippen LogP contribution in [-0.2, 0) is 4.74 Å². The Morgan fingerprint density at radius 1 is 1.00 bits per heavy atom. The predicted octanol–water partition coefficient (Wildman–Crippen LogP) is 2.58. The number of hydrogen-bond acceptors (Lipinski definition) is 2. The molecular weight excluding hydrogens is 186 g/mol. The van der Waals surface area contributed by atoms with E-state index in [0.29, 0.717) is 0 Å². The summed E-state index contributed by atoms with van der Waals surface area (Å²) in [6.07, 6.45) is 9.73. The van der Waals surface area contributed by atoms with E-state index in [1.165, 1.54) is 44.9 Å².